The van der Waals surface area contributed by atoms with Gasteiger partial charge >= 0.3 is 11.9 Å². The van der Waals surface area contributed by atoms with Gasteiger partial charge in [-0.3, -0.25) is 20.2 Å². The van der Waals surface area contributed by atoms with Gasteiger partial charge < -0.3 is 14.6 Å². The molecule has 2 atom stereocenters. The molecular formula is C11H14N2O6S. The van der Waals surface area contributed by atoms with Crippen LogP contribution in [0.25, 0.3) is 0 Å². The van der Waals surface area contributed by atoms with Crippen LogP contribution in [0.4, 0.5) is 0 Å². The molecule has 8 nitrogen and oxygen atoms in total. The molecule has 0 aromatic heterocycles. The molecule has 1 amide bonds. The molecule has 0 aromatic rings. The van der Waals surface area contributed by atoms with Gasteiger partial charge in [0.15, 0.2) is 0 Å². The molecule has 3 N–H and O–H groups in total. The van der Waals surface area contributed by atoms with E-state index in [2.05, 4.69) is 0 Å². The normalized spacial score (nSPS) is 28.9. The number of nitrogens with two attached hydrogens (primary N) is 1. The maximum Gasteiger partial charge on any atom is 0.352 e. The Morgan fingerprint density at radius 3 is 2.75 bits per heavy atom. The van der Waals surface area contributed by atoms with Crippen molar-refractivity contribution in [3.8, 4) is 0 Å². The number of fused-ring (bicyclic) bond motifs is 1. The molecule has 20 heavy (non-hydrogen) atoms. The van der Waals surface area contributed by atoms with Crippen molar-refractivity contribution in [1.29, 1.82) is 0 Å². The Labute approximate surface area is 118 Å². The number of esters is 1. The Morgan fingerprint density at radius 1 is 1.60 bits per heavy atom. The third-order valence-electron chi connectivity index (χ3n) is 3.14. The molecule has 0 bridgehead atoms. The summed E-state index contributed by atoms with van der Waals surface area (Å²) < 4.78 is 9.79. The van der Waals surface area contributed by atoms with Crippen molar-refractivity contribution in [3.63, 3.8) is 0 Å². The van der Waals surface area contributed by atoms with E-state index in [-0.39, 0.29) is 12.3 Å². The van der Waals surface area contributed by atoms with Gasteiger partial charge in [0.25, 0.3) is 5.91 Å². The first kappa shape index (κ1) is 14.8. The molecule has 2 rings (SSSR count). The van der Waals surface area contributed by atoms with Crippen LogP contribution >= 0.6 is 11.8 Å². The van der Waals surface area contributed by atoms with Crippen molar-refractivity contribution in [2.75, 3.05) is 19.5 Å². The quantitative estimate of drug-likeness (QED) is 0.390. The van der Waals surface area contributed by atoms with E-state index in [1.54, 1.807) is 0 Å². The van der Waals surface area contributed by atoms with E-state index in [0.29, 0.717) is 11.3 Å². The number of thioether (sulfide) groups is 1. The molecule has 0 saturated carbocycles. The van der Waals surface area contributed by atoms with Crippen LogP contribution < -0.4 is 5.73 Å². The first-order chi connectivity index (χ1) is 9.32. The summed E-state index contributed by atoms with van der Waals surface area (Å²) in [6, 6.07) is 0. The monoisotopic (exact) mass is 302 g/mol. The average molecular weight is 302 g/mol. The standard InChI is InChI=1S/C11H14N2O6S/c1-5(14)19-3-6-4-20-10-11(12,18-2)9(17)13(10)7(6)8(15)16/h10H,3-4,12H2,1-2H3,(H,15,16)/t10?,11-/m0/s1. The number of amides is 1. The molecule has 2 heterocycles. The van der Waals surface area contributed by atoms with Crippen LogP contribution in [0.3, 0.4) is 0 Å². The Morgan fingerprint density at radius 2 is 2.25 bits per heavy atom. The summed E-state index contributed by atoms with van der Waals surface area (Å²) in [7, 11) is 1.30. The van der Waals surface area contributed by atoms with Crippen LogP contribution in [-0.2, 0) is 23.9 Å². The molecule has 1 unspecified atom stereocenters. The minimum atomic E-state index is -1.50. The number of hydrogen-bond acceptors (Lipinski definition) is 7. The molecule has 2 aliphatic rings. The molecule has 1 fully saturated rings. The number of hydrogen-bond donors (Lipinski definition) is 2. The third kappa shape index (κ3) is 2.07. The van der Waals surface area contributed by atoms with Gasteiger partial charge in [-0.2, -0.15) is 0 Å². The molecular weight excluding hydrogens is 288 g/mol. The van der Waals surface area contributed by atoms with Crippen LogP contribution in [0.15, 0.2) is 11.3 Å². The van der Waals surface area contributed by atoms with E-state index in [0.717, 1.165) is 4.90 Å². The smallest absolute Gasteiger partial charge is 0.352 e. The van der Waals surface area contributed by atoms with E-state index in [4.69, 9.17) is 15.2 Å². The first-order valence-electron chi connectivity index (χ1n) is 5.71. The van der Waals surface area contributed by atoms with Crippen LogP contribution in [0.5, 0.6) is 0 Å². The van der Waals surface area contributed by atoms with Gasteiger partial charge in [-0.05, 0) is 0 Å². The SMILES string of the molecule is CO[C@@]1(N)C(=O)N2C(C(=O)O)=C(COC(C)=O)CSC21. The number of aliphatic carboxylic acids is 1. The van der Waals surface area contributed by atoms with Crippen molar-refractivity contribution in [2.24, 2.45) is 5.73 Å². The third-order valence-corrected chi connectivity index (χ3v) is 4.53. The number of methoxy groups -OCH3 is 1. The van der Waals surface area contributed by atoms with Crippen molar-refractivity contribution in [3.05, 3.63) is 11.3 Å². The summed E-state index contributed by atoms with van der Waals surface area (Å²) in [5, 5.41) is 8.68. The number of carbonyl (C=O) groups is 3. The molecule has 1 saturated heterocycles. The van der Waals surface area contributed by atoms with Gasteiger partial charge in [0.05, 0.1) is 0 Å². The lowest BCUT2D eigenvalue weighted by Crippen LogP contribution is -2.78. The predicted molar refractivity (Wildman–Crippen MR) is 68.3 cm³/mol. The number of rotatable bonds is 4. The second kappa shape index (κ2) is 5.08. The summed E-state index contributed by atoms with van der Waals surface area (Å²) in [5.74, 6) is -2.10. The number of carbonyl (C=O) groups excluding carboxylic acids is 2. The molecule has 0 radical (unpaired) electrons. The van der Waals surface area contributed by atoms with E-state index in [1.807, 2.05) is 0 Å². The molecule has 110 valence electrons. The lowest BCUT2D eigenvalue weighted by molar-refractivity contribution is -0.183. The molecule has 2 aliphatic heterocycles. The lowest BCUT2D eigenvalue weighted by atomic mass is 9.99. The summed E-state index contributed by atoms with van der Waals surface area (Å²) in [5.41, 5.74) is 4.47. The van der Waals surface area contributed by atoms with Crippen LogP contribution in [0, 0.1) is 0 Å². The minimum absolute atomic E-state index is 0.162. The Hall–Kier alpha value is -1.58. The predicted octanol–water partition coefficient (Wildman–Crippen LogP) is -0.895. The van der Waals surface area contributed by atoms with E-state index >= 15 is 0 Å². The zero-order valence-electron chi connectivity index (χ0n) is 10.9. The molecule has 0 aliphatic carbocycles. The van der Waals surface area contributed by atoms with Gasteiger partial charge in [-0.25, -0.2) is 4.79 Å². The lowest BCUT2D eigenvalue weighted by Gasteiger charge is -2.54. The summed E-state index contributed by atoms with van der Waals surface area (Å²) in [6.45, 7) is 1.06. The number of carboxylic acids is 1. The zero-order chi connectivity index (χ0) is 15.1. The van der Waals surface area contributed by atoms with Gasteiger partial charge in [0.2, 0.25) is 5.72 Å². The second-order valence-electron chi connectivity index (χ2n) is 4.37. The molecule has 9 heteroatoms. The number of ether oxygens (including phenoxy) is 2. The van der Waals surface area contributed by atoms with E-state index < -0.39 is 28.9 Å². The number of carboxylic acid groups (broad SMARTS) is 1. The van der Waals surface area contributed by atoms with Gasteiger partial charge in [0, 0.05) is 25.4 Å². The van der Waals surface area contributed by atoms with E-state index in [9.17, 15) is 19.5 Å². The highest BCUT2D eigenvalue weighted by Gasteiger charge is 2.63. The minimum Gasteiger partial charge on any atom is -0.477 e. The number of β-lactam (4-membered cyclic amide) rings is 1. The highest BCUT2D eigenvalue weighted by molar-refractivity contribution is 8.00. The second-order valence-corrected chi connectivity index (χ2v) is 5.44. The van der Waals surface area contributed by atoms with E-state index in [1.165, 1.54) is 25.8 Å². The Bertz CT molecular complexity index is 519. The van der Waals surface area contributed by atoms with Crippen molar-refractivity contribution in [2.45, 2.75) is 18.0 Å². The largest absolute Gasteiger partial charge is 0.477 e. The fourth-order valence-electron chi connectivity index (χ4n) is 2.10. The van der Waals surface area contributed by atoms with Crippen LogP contribution in [0.2, 0.25) is 0 Å². The maximum absolute atomic E-state index is 12.0. The van der Waals surface area contributed by atoms with Gasteiger partial charge in [-0.15, -0.1) is 11.8 Å². The summed E-state index contributed by atoms with van der Waals surface area (Å²) in [4.78, 5) is 35.3. The number of nitrogens with zero attached hydrogens (tertiary/aromatic N) is 1. The summed E-state index contributed by atoms with van der Waals surface area (Å²) >= 11 is 1.27. The van der Waals surface area contributed by atoms with Crippen LogP contribution in [-0.4, -0.2) is 58.4 Å². The fourth-order valence-corrected chi connectivity index (χ4v) is 3.48. The molecule has 0 spiro atoms. The Balaban J connectivity index is 2.31. The van der Waals surface area contributed by atoms with Gasteiger partial charge in [-0.1, -0.05) is 0 Å². The zero-order valence-corrected chi connectivity index (χ0v) is 11.7. The maximum atomic E-state index is 12.0. The Kier molecular flexibility index (Phi) is 3.76. The highest BCUT2D eigenvalue weighted by atomic mass is 32.2. The van der Waals surface area contributed by atoms with Crippen molar-refractivity contribution in [1.82, 2.24) is 4.90 Å². The fraction of sp³-hybridized carbons (Fsp3) is 0.545. The average Bonchev–Trinajstić information content (AvgIpc) is 2.42. The van der Waals surface area contributed by atoms with Crippen LogP contribution in [0.1, 0.15) is 6.92 Å². The van der Waals surface area contributed by atoms with Gasteiger partial charge in [0.1, 0.15) is 17.7 Å². The van der Waals surface area contributed by atoms with Crippen molar-refractivity contribution < 1.29 is 29.0 Å². The summed E-state index contributed by atoms with van der Waals surface area (Å²) in [6.07, 6.45) is 0. The first-order valence-corrected chi connectivity index (χ1v) is 6.75. The van der Waals surface area contributed by atoms with Crippen molar-refractivity contribution >= 4 is 29.6 Å². The molecule has 0 aromatic carbocycles. The highest BCUT2D eigenvalue weighted by Crippen LogP contribution is 2.45. The topological polar surface area (TPSA) is 119 Å².